The van der Waals surface area contributed by atoms with Crippen LogP contribution in [0.3, 0.4) is 0 Å². The summed E-state index contributed by atoms with van der Waals surface area (Å²) in [6.07, 6.45) is 0. The number of hydrogen-bond donors (Lipinski definition) is 0. The molecule has 0 saturated carbocycles. The third kappa shape index (κ3) is 3.01. The van der Waals surface area contributed by atoms with Crippen LogP contribution < -0.4 is 29.6 Å². The SMILES string of the molecule is O=S(=O)([O-])C(F)(F)C(F)(F)CF.[Na+]. The van der Waals surface area contributed by atoms with Crippen LogP contribution >= 0.6 is 0 Å². The van der Waals surface area contributed by atoms with E-state index in [1.165, 1.54) is 0 Å². The van der Waals surface area contributed by atoms with Gasteiger partial charge in [-0.05, 0) is 0 Å². The Morgan fingerprint density at radius 3 is 1.54 bits per heavy atom. The van der Waals surface area contributed by atoms with Crippen molar-refractivity contribution in [1.82, 2.24) is 0 Å². The van der Waals surface area contributed by atoms with Crippen molar-refractivity contribution >= 4 is 10.1 Å². The fraction of sp³-hybridized carbons (Fsp3) is 1.00. The van der Waals surface area contributed by atoms with Crippen LogP contribution in [0.5, 0.6) is 0 Å². The second-order valence-corrected chi connectivity index (χ2v) is 3.23. The van der Waals surface area contributed by atoms with E-state index in [4.69, 9.17) is 0 Å². The maximum absolute atomic E-state index is 11.8. The van der Waals surface area contributed by atoms with Crippen LogP contribution in [0.1, 0.15) is 0 Å². The molecule has 0 saturated heterocycles. The second-order valence-electron chi connectivity index (χ2n) is 1.81. The number of hydrogen-bond acceptors (Lipinski definition) is 3. The molecule has 0 aromatic carbocycles. The van der Waals surface area contributed by atoms with E-state index in [1.54, 1.807) is 0 Å². The fourth-order valence-corrected chi connectivity index (χ4v) is 0.681. The van der Waals surface area contributed by atoms with Gasteiger partial charge in [0, 0.05) is 0 Å². The molecule has 0 bridgehead atoms. The average molecular weight is 236 g/mol. The molecule has 74 valence electrons. The quantitative estimate of drug-likeness (QED) is 0.315. The van der Waals surface area contributed by atoms with Crippen LogP contribution in [0, 0.1) is 0 Å². The van der Waals surface area contributed by atoms with E-state index in [0.29, 0.717) is 0 Å². The van der Waals surface area contributed by atoms with Crippen LogP contribution in [-0.4, -0.2) is 30.8 Å². The second kappa shape index (κ2) is 4.39. The first-order valence-electron chi connectivity index (χ1n) is 2.33. The molecule has 0 atom stereocenters. The van der Waals surface area contributed by atoms with E-state index >= 15 is 0 Å². The molecule has 10 heteroatoms. The minimum Gasteiger partial charge on any atom is -0.743 e. The summed E-state index contributed by atoms with van der Waals surface area (Å²) in [5.41, 5.74) is 0. The van der Waals surface area contributed by atoms with E-state index in [2.05, 4.69) is 0 Å². The number of alkyl halides is 5. The molecule has 0 spiro atoms. The third-order valence-electron chi connectivity index (χ3n) is 0.908. The molecule has 0 aliphatic heterocycles. The van der Waals surface area contributed by atoms with Gasteiger partial charge in [0.1, 0.15) is 0 Å². The van der Waals surface area contributed by atoms with Gasteiger partial charge in [-0.15, -0.1) is 0 Å². The van der Waals surface area contributed by atoms with Gasteiger partial charge in [0.25, 0.3) is 0 Å². The molecule has 0 rings (SSSR count). The van der Waals surface area contributed by atoms with Crippen molar-refractivity contribution in [1.29, 1.82) is 0 Å². The Hall–Kier alpha value is 0.560. The summed E-state index contributed by atoms with van der Waals surface area (Å²) in [4.78, 5) is 0. The van der Waals surface area contributed by atoms with Gasteiger partial charge in [0.2, 0.25) is 0 Å². The number of halogens is 5. The molecule has 0 aliphatic carbocycles. The summed E-state index contributed by atoms with van der Waals surface area (Å²) in [6, 6.07) is 0. The summed E-state index contributed by atoms with van der Waals surface area (Å²) >= 11 is 0. The molecule has 0 fully saturated rings. The van der Waals surface area contributed by atoms with Crippen molar-refractivity contribution in [3.63, 3.8) is 0 Å². The Morgan fingerprint density at radius 2 is 1.46 bits per heavy atom. The molecule has 0 heterocycles. The maximum Gasteiger partial charge on any atom is 1.00 e. The van der Waals surface area contributed by atoms with Gasteiger partial charge in [-0.3, -0.25) is 0 Å². The smallest absolute Gasteiger partial charge is 0.743 e. The minimum absolute atomic E-state index is 0. The van der Waals surface area contributed by atoms with Crippen LogP contribution in [0.15, 0.2) is 0 Å². The molecule has 0 aromatic rings. The van der Waals surface area contributed by atoms with Crippen molar-refractivity contribution in [2.45, 2.75) is 11.2 Å². The van der Waals surface area contributed by atoms with Crippen molar-refractivity contribution < 1.29 is 64.5 Å². The summed E-state index contributed by atoms with van der Waals surface area (Å²) in [7, 11) is -6.55. The molecular formula is C3H2F5NaO3S. The summed E-state index contributed by atoms with van der Waals surface area (Å²) in [5.74, 6) is -5.48. The average Bonchev–Trinajstić information content (AvgIpc) is 1.85. The maximum atomic E-state index is 11.8. The van der Waals surface area contributed by atoms with Gasteiger partial charge in [0.15, 0.2) is 16.8 Å². The Bertz CT molecular complexity index is 262. The Balaban J connectivity index is 0. The van der Waals surface area contributed by atoms with Crippen LogP contribution in [0.25, 0.3) is 0 Å². The van der Waals surface area contributed by atoms with Gasteiger partial charge in [-0.25, -0.2) is 12.8 Å². The molecular weight excluding hydrogens is 234 g/mol. The van der Waals surface area contributed by atoms with Gasteiger partial charge >= 0.3 is 40.7 Å². The summed E-state index contributed by atoms with van der Waals surface area (Å²) in [5, 5.41) is -5.91. The van der Waals surface area contributed by atoms with Gasteiger partial charge in [0.05, 0.1) is 0 Å². The Labute approximate surface area is 92.3 Å². The van der Waals surface area contributed by atoms with Crippen molar-refractivity contribution in [2.75, 3.05) is 6.67 Å². The molecule has 0 radical (unpaired) electrons. The first kappa shape index (κ1) is 16.0. The first-order chi connectivity index (χ1) is 5.06. The van der Waals surface area contributed by atoms with Gasteiger partial charge in [-0.2, -0.15) is 17.6 Å². The van der Waals surface area contributed by atoms with Crippen LogP contribution in [0.2, 0.25) is 0 Å². The molecule has 0 aromatic heterocycles. The van der Waals surface area contributed by atoms with E-state index < -0.39 is 28.0 Å². The fourth-order valence-electron chi connectivity index (χ4n) is 0.261. The molecule has 3 nitrogen and oxygen atoms in total. The van der Waals surface area contributed by atoms with Crippen molar-refractivity contribution in [3.05, 3.63) is 0 Å². The zero-order chi connectivity index (χ0) is 10.2. The van der Waals surface area contributed by atoms with E-state index in [9.17, 15) is 34.9 Å². The molecule has 0 N–H and O–H groups in total. The minimum atomic E-state index is -6.55. The Kier molecular flexibility index (Phi) is 5.40. The predicted octanol–water partition coefficient (Wildman–Crippen LogP) is -2.27. The van der Waals surface area contributed by atoms with Crippen LogP contribution in [0.4, 0.5) is 22.0 Å². The van der Waals surface area contributed by atoms with Gasteiger partial charge in [-0.1, -0.05) is 0 Å². The normalized spacial score (nSPS) is 13.7. The zero-order valence-electron chi connectivity index (χ0n) is 6.23. The largest absolute Gasteiger partial charge is 1.00 e. The Morgan fingerprint density at radius 1 is 1.15 bits per heavy atom. The standard InChI is InChI=1S/C3H3F5O3S.Na/c4-1-2(5,6)3(7,8)12(9,10)11;/h1H2,(H,9,10,11);/q;+1/p-1. The predicted molar refractivity (Wildman–Crippen MR) is 25.6 cm³/mol. The topological polar surface area (TPSA) is 57.2 Å². The first-order valence-corrected chi connectivity index (χ1v) is 3.74. The summed E-state index contributed by atoms with van der Waals surface area (Å²) in [6.45, 7) is -2.92. The van der Waals surface area contributed by atoms with Crippen molar-refractivity contribution in [3.8, 4) is 0 Å². The van der Waals surface area contributed by atoms with E-state index in [-0.39, 0.29) is 29.6 Å². The number of rotatable bonds is 3. The van der Waals surface area contributed by atoms with Gasteiger partial charge < -0.3 is 4.55 Å². The van der Waals surface area contributed by atoms with Crippen LogP contribution in [-0.2, 0) is 10.1 Å². The zero-order valence-corrected chi connectivity index (χ0v) is 9.05. The van der Waals surface area contributed by atoms with E-state index in [0.717, 1.165) is 0 Å². The molecule has 0 amide bonds. The summed E-state index contributed by atoms with van der Waals surface area (Å²) < 4.78 is 86.8. The van der Waals surface area contributed by atoms with Crippen molar-refractivity contribution in [2.24, 2.45) is 0 Å². The molecule has 0 aliphatic rings. The van der Waals surface area contributed by atoms with E-state index in [1.807, 2.05) is 0 Å². The molecule has 13 heavy (non-hydrogen) atoms. The monoisotopic (exact) mass is 236 g/mol. The third-order valence-corrected chi connectivity index (χ3v) is 1.83. The molecule has 0 unspecified atom stereocenters.